The molecule has 1 spiro atoms. The van der Waals surface area contributed by atoms with Gasteiger partial charge in [-0.3, -0.25) is 9.59 Å². The zero-order valence-corrected chi connectivity index (χ0v) is 16.2. The summed E-state index contributed by atoms with van der Waals surface area (Å²) in [5.74, 6) is 0.474. The SMILES string of the molecule is COCCC(=O)N1CCC2(CC1)C[C@H](c1ccccc1)C(=O)N(C1CC1)C2. The summed E-state index contributed by atoms with van der Waals surface area (Å²) in [4.78, 5) is 29.7. The number of likely N-dealkylation sites (tertiary alicyclic amines) is 2. The van der Waals surface area contributed by atoms with E-state index in [1.54, 1.807) is 7.11 Å². The van der Waals surface area contributed by atoms with Crippen LogP contribution in [0.1, 0.15) is 50.0 Å². The number of carbonyl (C=O) groups is 2. The highest BCUT2D eigenvalue weighted by Crippen LogP contribution is 2.48. The van der Waals surface area contributed by atoms with Crippen molar-refractivity contribution in [3.05, 3.63) is 35.9 Å². The molecule has 5 nitrogen and oxygen atoms in total. The first-order chi connectivity index (χ1) is 13.1. The summed E-state index contributed by atoms with van der Waals surface area (Å²) in [6.07, 6.45) is 5.65. The van der Waals surface area contributed by atoms with Gasteiger partial charge in [-0.1, -0.05) is 30.3 Å². The van der Waals surface area contributed by atoms with Crippen LogP contribution in [-0.2, 0) is 14.3 Å². The van der Waals surface area contributed by atoms with Crippen LogP contribution in [0, 0.1) is 5.41 Å². The Kier molecular flexibility index (Phi) is 5.22. The molecule has 2 saturated heterocycles. The van der Waals surface area contributed by atoms with Gasteiger partial charge in [0.05, 0.1) is 18.9 Å². The summed E-state index contributed by atoms with van der Waals surface area (Å²) in [5, 5.41) is 0. The summed E-state index contributed by atoms with van der Waals surface area (Å²) >= 11 is 0. The van der Waals surface area contributed by atoms with Crippen molar-refractivity contribution in [3.63, 3.8) is 0 Å². The molecule has 2 heterocycles. The second-order valence-corrected chi connectivity index (χ2v) is 8.49. The predicted octanol–water partition coefficient (Wildman–Crippen LogP) is 2.81. The van der Waals surface area contributed by atoms with Gasteiger partial charge in [-0.2, -0.15) is 0 Å². The van der Waals surface area contributed by atoms with Crippen LogP contribution >= 0.6 is 0 Å². The van der Waals surface area contributed by atoms with Gasteiger partial charge in [-0.05, 0) is 43.1 Å². The average molecular weight is 370 g/mol. The van der Waals surface area contributed by atoms with Gasteiger partial charge in [0, 0.05) is 32.8 Å². The molecule has 3 fully saturated rings. The lowest BCUT2D eigenvalue weighted by Crippen LogP contribution is -2.55. The Labute approximate surface area is 161 Å². The second-order valence-electron chi connectivity index (χ2n) is 8.49. The zero-order valence-electron chi connectivity index (χ0n) is 16.2. The van der Waals surface area contributed by atoms with Crippen molar-refractivity contribution in [2.24, 2.45) is 5.41 Å². The average Bonchev–Trinajstić information content (AvgIpc) is 3.54. The van der Waals surface area contributed by atoms with Crippen molar-refractivity contribution in [1.82, 2.24) is 9.80 Å². The maximum absolute atomic E-state index is 13.2. The number of methoxy groups -OCH3 is 1. The van der Waals surface area contributed by atoms with Gasteiger partial charge < -0.3 is 14.5 Å². The van der Waals surface area contributed by atoms with Crippen LogP contribution in [0.25, 0.3) is 0 Å². The molecule has 1 saturated carbocycles. The predicted molar refractivity (Wildman–Crippen MR) is 103 cm³/mol. The summed E-state index contributed by atoms with van der Waals surface area (Å²) in [5.41, 5.74) is 1.29. The molecule has 3 aliphatic rings. The lowest BCUT2D eigenvalue weighted by atomic mass is 9.67. The Hall–Kier alpha value is -1.88. The molecule has 0 unspecified atom stereocenters. The summed E-state index contributed by atoms with van der Waals surface area (Å²) in [6, 6.07) is 10.7. The fraction of sp³-hybridized carbons (Fsp3) is 0.636. The van der Waals surface area contributed by atoms with Crippen molar-refractivity contribution in [1.29, 1.82) is 0 Å². The zero-order chi connectivity index (χ0) is 18.9. The Balaban J connectivity index is 1.49. The van der Waals surface area contributed by atoms with Crippen molar-refractivity contribution in [2.45, 2.75) is 50.5 Å². The van der Waals surface area contributed by atoms with Crippen LogP contribution in [0.2, 0.25) is 0 Å². The summed E-state index contributed by atoms with van der Waals surface area (Å²) < 4.78 is 5.04. The third-order valence-electron chi connectivity index (χ3n) is 6.61. The molecule has 0 N–H and O–H groups in total. The molecule has 0 bridgehead atoms. The van der Waals surface area contributed by atoms with E-state index in [1.807, 2.05) is 23.1 Å². The van der Waals surface area contributed by atoms with E-state index in [0.717, 1.165) is 57.3 Å². The standard InChI is InChI=1S/C22H30N2O3/c1-27-14-9-20(25)23-12-10-22(11-13-23)15-19(17-5-3-2-4-6-17)21(26)24(16-22)18-7-8-18/h2-6,18-19H,7-16H2,1H3/t19-/m1/s1. The van der Waals surface area contributed by atoms with Crippen LogP contribution in [0.5, 0.6) is 0 Å². The van der Waals surface area contributed by atoms with E-state index in [0.29, 0.717) is 25.0 Å². The molecule has 0 radical (unpaired) electrons. The first-order valence-electron chi connectivity index (χ1n) is 10.2. The maximum Gasteiger partial charge on any atom is 0.230 e. The molecule has 1 aliphatic carbocycles. The number of amides is 2. The minimum absolute atomic E-state index is 0.0312. The molecular formula is C22H30N2O3. The number of carbonyl (C=O) groups excluding carboxylic acids is 2. The summed E-state index contributed by atoms with van der Waals surface area (Å²) in [6.45, 7) is 2.97. The Morgan fingerprint density at radius 3 is 2.52 bits per heavy atom. The van der Waals surface area contributed by atoms with Crippen LogP contribution < -0.4 is 0 Å². The van der Waals surface area contributed by atoms with E-state index < -0.39 is 0 Å². The van der Waals surface area contributed by atoms with Crippen LogP contribution in [-0.4, -0.2) is 61.0 Å². The molecule has 1 aromatic rings. The minimum Gasteiger partial charge on any atom is -0.384 e. The Morgan fingerprint density at radius 2 is 1.89 bits per heavy atom. The van der Waals surface area contributed by atoms with E-state index in [2.05, 4.69) is 17.0 Å². The van der Waals surface area contributed by atoms with Gasteiger partial charge in [-0.15, -0.1) is 0 Å². The molecule has 146 valence electrons. The summed E-state index contributed by atoms with van der Waals surface area (Å²) in [7, 11) is 1.63. The normalized spacial score (nSPS) is 25.1. The molecule has 1 aromatic carbocycles. The van der Waals surface area contributed by atoms with Crippen LogP contribution in [0.4, 0.5) is 0 Å². The first kappa shape index (κ1) is 18.5. The van der Waals surface area contributed by atoms with E-state index in [1.165, 1.54) is 0 Å². The van der Waals surface area contributed by atoms with Gasteiger partial charge in [0.15, 0.2) is 0 Å². The van der Waals surface area contributed by atoms with Gasteiger partial charge in [0.25, 0.3) is 0 Å². The molecule has 2 aliphatic heterocycles. The quantitative estimate of drug-likeness (QED) is 0.801. The molecule has 4 rings (SSSR count). The van der Waals surface area contributed by atoms with E-state index in [-0.39, 0.29) is 17.2 Å². The van der Waals surface area contributed by atoms with Crippen molar-refractivity contribution in [3.8, 4) is 0 Å². The molecule has 2 amide bonds. The van der Waals surface area contributed by atoms with E-state index >= 15 is 0 Å². The maximum atomic E-state index is 13.2. The van der Waals surface area contributed by atoms with Gasteiger partial charge in [-0.25, -0.2) is 0 Å². The Morgan fingerprint density at radius 1 is 1.19 bits per heavy atom. The molecule has 5 heteroatoms. The number of piperidine rings is 2. The monoisotopic (exact) mass is 370 g/mol. The highest BCUT2D eigenvalue weighted by molar-refractivity contribution is 5.85. The first-order valence-corrected chi connectivity index (χ1v) is 10.2. The minimum atomic E-state index is -0.0312. The van der Waals surface area contributed by atoms with Crippen molar-refractivity contribution in [2.75, 3.05) is 33.4 Å². The van der Waals surface area contributed by atoms with Gasteiger partial charge >= 0.3 is 0 Å². The molecule has 1 atom stereocenters. The number of hydrogen-bond donors (Lipinski definition) is 0. The molecular weight excluding hydrogens is 340 g/mol. The smallest absolute Gasteiger partial charge is 0.230 e. The van der Waals surface area contributed by atoms with E-state index in [9.17, 15) is 9.59 Å². The fourth-order valence-electron chi connectivity index (χ4n) is 4.81. The third-order valence-corrected chi connectivity index (χ3v) is 6.61. The topological polar surface area (TPSA) is 49.9 Å². The largest absolute Gasteiger partial charge is 0.384 e. The van der Waals surface area contributed by atoms with Crippen LogP contribution in [0.15, 0.2) is 30.3 Å². The lowest BCUT2D eigenvalue weighted by molar-refractivity contribution is -0.145. The van der Waals surface area contributed by atoms with Crippen molar-refractivity contribution >= 4 is 11.8 Å². The fourth-order valence-corrected chi connectivity index (χ4v) is 4.81. The Bertz CT molecular complexity index is 678. The molecule has 27 heavy (non-hydrogen) atoms. The number of benzene rings is 1. The lowest BCUT2D eigenvalue weighted by Gasteiger charge is -2.50. The highest BCUT2D eigenvalue weighted by atomic mass is 16.5. The third kappa shape index (κ3) is 3.88. The number of ether oxygens (including phenoxy) is 1. The number of hydrogen-bond acceptors (Lipinski definition) is 3. The number of rotatable bonds is 5. The van der Waals surface area contributed by atoms with E-state index in [4.69, 9.17) is 4.74 Å². The van der Waals surface area contributed by atoms with Gasteiger partial charge in [0.1, 0.15) is 0 Å². The number of nitrogens with zero attached hydrogens (tertiary/aromatic N) is 2. The van der Waals surface area contributed by atoms with Crippen LogP contribution in [0.3, 0.4) is 0 Å². The van der Waals surface area contributed by atoms with Gasteiger partial charge in [0.2, 0.25) is 11.8 Å². The molecule has 0 aromatic heterocycles. The second kappa shape index (κ2) is 7.63. The highest BCUT2D eigenvalue weighted by Gasteiger charge is 2.49. The van der Waals surface area contributed by atoms with Crippen molar-refractivity contribution < 1.29 is 14.3 Å².